The van der Waals surface area contributed by atoms with Gasteiger partial charge in [-0.2, -0.15) is 0 Å². The lowest BCUT2D eigenvalue weighted by Gasteiger charge is -2.18. The summed E-state index contributed by atoms with van der Waals surface area (Å²) in [4.78, 5) is 0. The smallest absolute Gasteiger partial charge is 0.0897 e. The molecule has 21 heavy (non-hydrogen) atoms. The molecule has 0 amide bonds. The third kappa shape index (κ3) is 8.39. The molecule has 120 valence electrons. The minimum atomic E-state index is -0.529. The maximum absolute atomic E-state index is 9.85. The number of ether oxygens (including phenoxy) is 2. The summed E-state index contributed by atoms with van der Waals surface area (Å²) in [5.74, 6) is 0. The molecule has 5 heteroatoms. The zero-order chi connectivity index (χ0) is 15.7. The van der Waals surface area contributed by atoms with Crippen LogP contribution in [-0.2, 0) is 9.47 Å². The highest BCUT2D eigenvalue weighted by molar-refractivity contribution is 6.30. The number of rotatable bonds is 10. The second-order valence-electron chi connectivity index (χ2n) is 5.33. The number of aliphatic hydroxyl groups excluding tert-OH is 1. The van der Waals surface area contributed by atoms with E-state index in [1.165, 1.54) is 0 Å². The van der Waals surface area contributed by atoms with Gasteiger partial charge in [-0.1, -0.05) is 23.7 Å². The summed E-state index contributed by atoms with van der Waals surface area (Å²) in [5, 5.41) is 13.8. The summed E-state index contributed by atoms with van der Waals surface area (Å²) < 4.78 is 10.7. The normalized spacial score (nSPS) is 14.4. The molecule has 0 saturated heterocycles. The Morgan fingerprint density at radius 3 is 2.43 bits per heavy atom. The summed E-state index contributed by atoms with van der Waals surface area (Å²) in [6, 6.07) is 7.84. The van der Waals surface area contributed by atoms with E-state index < -0.39 is 6.10 Å². The fourth-order valence-electron chi connectivity index (χ4n) is 1.80. The van der Waals surface area contributed by atoms with Crippen molar-refractivity contribution in [2.24, 2.45) is 0 Å². The molecule has 1 aromatic rings. The Morgan fingerprint density at radius 2 is 1.81 bits per heavy atom. The van der Waals surface area contributed by atoms with E-state index in [9.17, 15) is 5.11 Å². The average molecular weight is 316 g/mol. The van der Waals surface area contributed by atoms with Gasteiger partial charge >= 0.3 is 0 Å². The fraction of sp³-hybridized carbons (Fsp3) is 0.625. The molecule has 0 aromatic heterocycles. The van der Waals surface area contributed by atoms with Crippen molar-refractivity contribution < 1.29 is 14.6 Å². The van der Waals surface area contributed by atoms with Crippen LogP contribution >= 0.6 is 11.6 Å². The van der Waals surface area contributed by atoms with E-state index in [0.29, 0.717) is 26.4 Å². The van der Waals surface area contributed by atoms with E-state index in [4.69, 9.17) is 21.1 Å². The molecule has 0 spiro atoms. The molecule has 0 aliphatic heterocycles. The third-order valence-electron chi connectivity index (χ3n) is 3.02. The lowest BCUT2D eigenvalue weighted by Crippen LogP contribution is -2.32. The third-order valence-corrected chi connectivity index (χ3v) is 3.27. The minimum absolute atomic E-state index is 0.154. The number of aliphatic hydroxyl groups is 1. The fourth-order valence-corrected chi connectivity index (χ4v) is 1.93. The lowest BCUT2D eigenvalue weighted by molar-refractivity contribution is -0.0104. The first-order chi connectivity index (χ1) is 9.99. The summed E-state index contributed by atoms with van der Waals surface area (Å²) in [6.07, 6.45) is -0.320. The largest absolute Gasteiger partial charge is 0.389 e. The standard InChI is InChI=1S/C16H26ClNO3/c1-12(2)21-9-8-20-11-16(19)10-18-13(3)14-4-6-15(17)7-5-14/h4-7,12-13,16,18-19H,8-11H2,1-3H3. The summed E-state index contributed by atoms with van der Waals surface area (Å²) >= 11 is 5.86. The second-order valence-corrected chi connectivity index (χ2v) is 5.77. The van der Waals surface area contributed by atoms with Crippen LogP contribution in [0.1, 0.15) is 32.4 Å². The van der Waals surface area contributed by atoms with Gasteiger partial charge in [-0.15, -0.1) is 0 Å². The summed E-state index contributed by atoms with van der Waals surface area (Å²) in [6.45, 7) is 7.86. The van der Waals surface area contributed by atoms with Crippen molar-refractivity contribution in [1.29, 1.82) is 0 Å². The Labute approximate surface area is 132 Å². The Bertz CT molecular complexity index is 384. The predicted molar refractivity (Wildman–Crippen MR) is 85.8 cm³/mol. The van der Waals surface area contributed by atoms with Crippen molar-refractivity contribution in [2.75, 3.05) is 26.4 Å². The molecule has 2 atom stereocenters. The molecule has 0 radical (unpaired) electrons. The highest BCUT2D eigenvalue weighted by Gasteiger charge is 2.09. The Morgan fingerprint density at radius 1 is 1.14 bits per heavy atom. The van der Waals surface area contributed by atoms with Gasteiger partial charge in [0.1, 0.15) is 0 Å². The average Bonchev–Trinajstić information content (AvgIpc) is 2.44. The lowest BCUT2D eigenvalue weighted by atomic mass is 10.1. The number of benzene rings is 1. The maximum atomic E-state index is 9.85. The van der Waals surface area contributed by atoms with Crippen LogP contribution in [0.2, 0.25) is 5.02 Å². The highest BCUT2D eigenvalue weighted by Crippen LogP contribution is 2.15. The van der Waals surface area contributed by atoms with Gasteiger partial charge in [-0.3, -0.25) is 0 Å². The number of halogens is 1. The molecule has 1 rings (SSSR count). The first-order valence-electron chi connectivity index (χ1n) is 7.35. The van der Waals surface area contributed by atoms with E-state index in [1.54, 1.807) is 0 Å². The number of hydrogen-bond acceptors (Lipinski definition) is 4. The van der Waals surface area contributed by atoms with Crippen molar-refractivity contribution in [1.82, 2.24) is 5.32 Å². The van der Waals surface area contributed by atoms with Gasteiger partial charge in [0.05, 0.1) is 32.0 Å². The number of hydrogen-bond donors (Lipinski definition) is 2. The molecular weight excluding hydrogens is 290 g/mol. The Hall–Kier alpha value is -0.650. The van der Waals surface area contributed by atoms with Gasteiger partial charge in [0.15, 0.2) is 0 Å². The molecule has 0 fully saturated rings. The second kappa shape index (κ2) is 10.1. The monoisotopic (exact) mass is 315 g/mol. The van der Waals surface area contributed by atoms with Crippen LogP contribution in [0, 0.1) is 0 Å². The predicted octanol–water partition coefficient (Wildman–Crippen LogP) is 2.79. The van der Waals surface area contributed by atoms with Crippen LogP contribution in [0.25, 0.3) is 0 Å². The maximum Gasteiger partial charge on any atom is 0.0897 e. The zero-order valence-electron chi connectivity index (χ0n) is 13.0. The van der Waals surface area contributed by atoms with E-state index >= 15 is 0 Å². The first-order valence-corrected chi connectivity index (χ1v) is 7.73. The number of nitrogens with one attached hydrogen (secondary N) is 1. The van der Waals surface area contributed by atoms with E-state index in [-0.39, 0.29) is 12.1 Å². The first kappa shape index (κ1) is 18.4. The van der Waals surface area contributed by atoms with E-state index in [1.807, 2.05) is 45.0 Å². The molecule has 0 aliphatic carbocycles. The van der Waals surface area contributed by atoms with Crippen LogP contribution in [-0.4, -0.2) is 43.7 Å². The Kier molecular flexibility index (Phi) is 8.88. The molecule has 0 bridgehead atoms. The molecular formula is C16H26ClNO3. The SMILES string of the molecule is CC(C)OCCOCC(O)CNC(C)c1ccc(Cl)cc1. The van der Waals surface area contributed by atoms with Crippen molar-refractivity contribution in [3.8, 4) is 0 Å². The summed E-state index contributed by atoms with van der Waals surface area (Å²) in [7, 11) is 0. The van der Waals surface area contributed by atoms with Gasteiger partial charge in [0.25, 0.3) is 0 Å². The van der Waals surface area contributed by atoms with Gasteiger partial charge < -0.3 is 19.9 Å². The van der Waals surface area contributed by atoms with Gasteiger partial charge in [0.2, 0.25) is 0 Å². The Balaban J connectivity index is 2.14. The van der Waals surface area contributed by atoms with Gasteiger partial charge in [-0.25, -0.2) is 0 Å². The zero-order valence-corrected chi connectivity index (χ0v) is 13.8. The van der Waals surface area contributed by atoms with Crippen molar-refractivity contribution in [3.63, 3.8) is 0 Å². The van der Waals surface area contributed by atoms with Crippen LogP contribution in [0.4, 0.5) is 0 Å². The molecule has 1 aromatic carbocycles. The van der Waals surface area contributed by atoms with Crippen LogP contribution in [0.3, 0.4) is 0 Å². The van der Waals surface area contributed by atoms with E-state index in [2.05, 4.69) is 5.32 Å². The van der Waals surface area contributed by atoms with Gasteiger partial charge in [-0.05, 0) is 38.5 Å². The molecule has 0 heterocycles. The highest BCUT2D eigenvalue weighted by atomic mass is 35.5. The van der Waals surface area contributed by atoms with Crippen LogP contribution in [0.15, 0.2) is 24.3 Å². The molecule has 2 N–H and O–H groups in total. The van der Waals surface area contributed by atoms with Crippen LogP contribution < -0.4 is 5.32 Å². The van der Waals surface area contributed by atoms with Gasteiger partial charge in [0, 0.05) is 17.6 Å². The van der Waals surface area contributed by atoms with Crippen molar-refractivity contribution in [3.05, 3.63) is 34.9 Å². The molecule has 4 nitrogen and oxygen atoms in total. The molecule has 0 aliphatic rings. The van der Waals surface area contributed by atoms with E-state index in [0.717, 1.165) is 10.6 Å². The van der Waals surface area contributed by atoms with Crippen LogP contribution in [0.5, 0.6) is 0 Å². The minimum Gasteiger partial charge on any atom is -0.389 e. The topological polar surface area (TPSA) is 50.7 Å². The van der Waals surface area contributed by atoms with Crippen molar-refractivity contribution in [2.45, 2.75) is 39.0 Å². The molecule has 2 unspecified atom stereocenters. The van der Waals surface area contributed by atoms with Crippen molar-refractivity contribution >= 4 is 11.6 Å². The summed E-state index contributed by atoms with van der Waals surface area (Å²) in [5.41, 5.74) is 1.14. The molecule has 0 saturated carbocycles. The quantitative estimate of drug-likeness (QED) is 0.652.